The second-order valence-electron chi connectivity index (χ2n) is 6.01. The van der Waals surface area contributed by atoms with Crippen LogP contribution >= 0.6 is 27.7 Å². The van der Waals surface area contributed by atoms with E-state index in [0.717, 1.165) is 17.3 Å². The largest absolute Gasteiger partial charge is 1.00 e. The molecule has 0 atom stereocenters. The molecule has 1 aromatic heterocycles. The van der Waals surface area contributed by atoms with Crippen LogP contribution in [-0.2, 0) is 11.3 Å². The van der Waals surface area contributed by atoms with E-state index in [9.17, 15) is 9.90 Å². The molecule has 0 spiro atoms. The van der Waals surface area contributed by atoms with Gasteiger partial charge in [-0.1, -0.05) is 62.0 Å². The topological polar surface area (TPSA) is 70.8 Å². The summed E-state index contributed by atoms with van der Waals surface area (Å²) < 4.78 is 2.44. The standard InChI is InChI=1S/C18H18BrN3O2S.Na/c1-11(2)13-8-7-12(14-5-3-4-6-15(13)14)9-22-17(19)20-21-18(22)25-10-16(23)24;/h3-8,11H,9-10H2,1-2H3,(H,23,24);/q;+1/p-1. The summed E-state index contributed by atoms with van der Waals surface area (Å²) in [5, 5.41) is 21.8. The Bertz CT molecular complexity index is 930. The second-order valence-corrected chi connectivity index (χ2v) is 7.66. The number of carbonyl (C=O) groups excluding carboxylic acids is 1. The predicted octanol–water partition coefficient (Wildman–Crippen LogP) is 0.211. The number of aromatic nitrogens is 3. The molecular formula is C18H17BrN3NaO2S. The summed E-state index contributed by atoms with van der Waals surface area (Å²) in [6.07, 6.45) is 0. The van der Waals surface area contributed by atoms with Crippen LogP contribution in [0.25, 0.3) is 10.8 Å². The zero-order valence-electron chi connectivity index (χ0n) is 14.9. The molecule has 0 aliphatic heterocycles. The Balaban J connectivity index is 0.00000243. The molecule has 8 heteroatoms. The normalized spacial score (nSPS) is 10.9. The molecule has 3 aromatic rings. The summed E-state index contributed by atoms with van der Waals surface area (Å²) in [6, 6.07) is 12.6. The third kappa shape index (κ3) is 4.70. The number of benzene rings is 2. The molecule has 0 aliphatic carbocycles. The van der Waals surface area contributed by atoms with Crippen LogP contribution in [-0.4, -0.2) is 26.5 Å². The minimum Gasteiger partial charge on any atom is -0.549 e. The Hall–Kier alpha value is -0.860. The van der Waals surface area contributed by atoms with Gasteiger partial charge in [-0.2, -0.15) is 0 Å². The summed E-state index contributed by atoms with van der Waals surface area (Å²) >= 11 is 4.50. The van der Waals surface area contributed by atoms with Crippen molar-refractivity contribution in [2.45, 2.75) is 31.5 Å². The number of hydrogen-bond acceptors (Lipinski definition) is 5. The molecule has 0 amide bonds. The predicted molar refractivity (Wildman–Crippen MR) is 101 cm³/mol. The molecule has 0 unspecified atom stereocenters. The maximum absolute atomic E-state index is 10.7. The Kier molecular flexibility index (Phi) is 7.73. The molecule has 1 heterocycles. The number of hydrogen-bond donors (Lipinski definition) is 0. The molecule has 0 N–H and O–H groups in total. The Morgan fingerprint density at radius 1 is 1.19 bits per heavy atom. The molecule has 0 aliphatic rings. The molecule has 5 nitrogen and oxygen atoms in total. The Labute approximate surface area is 187 Å². The molecule has 130 valence electrons. The average Bonchev–Trinajstić information content (AvgIpc) is 2.93. The Morgan fingerprint density at radius 3 is 2.54 bits per heavy atom. The van der Waals surface area contributed by atoms with E-state index in [-0.39, 0.29) is 35.3 Å². The fourth-order valence-electron chi connectivity index (χ4n) is 2.83. The summed E-state index contributed by atoms with van der Waals surface area (Å²) in [5.74, 6) is -0.838. The van der Waals surface area contributed by atoms with Crippen LogP contribution in [0, 0.1) is 0 Å². The number of carbonyl (C=O) groups is 1. The summed E-state index contributed by atoms with van der Waals surface area (Å²) in [7, 11) is 0. The summed E-state index contributed by atoms with van der Waals surface area (Å²) in [6.45, 7) is 4.93. The van der Waals surface area contributed by atoms with Crippen LogP contribution in [0.1, 0.15) is 30.9 Å². The van der Waals surface area contributed by atoms with Gasteiger partial charge in [0.1, 0.15) is 0 Å². The van der Waals surface area contributed by atoms with Gasteiger partial charge in [-0.25, -0.2) is 0 Å². The van der Waals surface area contributed by atoms with E-state index >= 15 is 0 Å². The number of halogens is 1. The quantitative estimate of drug-likeness (QED) is 0.404. The van der Waals surface area contributed by atoms with E-state index in [0.29, 0.717) is 22.4 Å². The van der Waals surface area contributed by atoms with Gasteiger partial charge in [0.2, 0.25) is 4.73 Å². The van der Waals surface area contributed by atoms with Gasteiger partial charge in [-0.15, -0.1) is 10.2 Å². The fourth-order valence-corrected chi connectivity index (χ4v) is 3.97. The molecule has 3 rings (SSSR count). The van der Waals surface area contributed by atoms with E-state index in [1.165, 1.54) is 16.3 Å². The van der Waals surface area contributed by atoms with E-state index in [2.05, 4.69) is 64.2 Å². The van der Waals surface area contributed by atoms with Crippen molar-refractivity contribution in [1.82, 2.24) is 14.8 Å². The van der Waals surface area contributed by atoms with Gasteiger partial charge in [-0.3, -0.25) is 4.57 Å². The van der Waals surface area contributed by atoms with Crippen molar-refractivity contribution >= 4 is 44.4 Å². The van der Waals surface area contributed by atoms with Crippen molar-refractivity contribution in [2.24, 2.45) is 0 Å². The minimum atomic E-state index is -1.12. The van der Waals surface area contributed by atoms with Crippen LogP contribution in [0.3, 0.4) is 0 Å². The minimum absolute atomic E-state index is 0. The van der Waals surface area contributed by atoms with Crippen LogP contribution in [0.4, 0.5) is 0 Å². The third-order valence-corrected chi connectivity index (χ3v) is 5.52. The van der Waals surface area contributed by atoms with Gasteiger partial charge < -0.3 is 9.90 Å². The van der Waals surface area contributed by atoms with Crippen molar-refractivity contribution in [2.75, 3.05) is 5.75 Å². The molecule has 2 aromatic carbocycles. The van der Waals surface area contributed by atoms with Crippen molar-refractivity contribution in [3.05, 3.63) is 52.3 Å². The zero-order chi connectivity index (χ0) is 18.0. The number of aliphatic carboxylic acids is 1. The second kappa shape index (κ2) is 9.37. The molecule has 0 radical (unpaired) electrons. The van der Waals surface area contributed by atoms with Crippen LogP contribution < -0.4 is 34.7 Å². The maximum atomic E-state index is 10.7. The van der Waals surface area contributed by atoms with Gasteiger partial charge in [0, 0.05) is 5.75 Å². The van der Waals surface area contributed by atoms with Crippen LogP contribution in [0.15, 0.2) is 46.3 Å². The maximum Gasteiger partial charge on any atom is 1.00 e. The van der Waals surface area contributed by atoms with Crippen molar-refractivity contribution in [1.29, 1.82) is 0 Å². The van der Waals surface area contributed by atoms with Crippen LogP contribution in [0.2, 0.25) is 0 Å². The van der Waals surface area contributed by atoms with E-state index in [4.69, 9.17) is 0 Å². The van der Waals surface area contributed by atoms with E-state index in [1.807, 2.05) is 16.7 Å². The van der Waals surface area contributed by atoms with Gasteiger partial charge in [0.15, 0.2) is 5.16 Å². The monoisotopic (exact) mass is 441 g/mol. The molecule has 0 saturated heterocycles. The van der Waals surface area contributed by atoms with E-state index < -0.39 is 5.97 Å². The number of rotatable bonds is 6. The number of fused-ring (bicyclic) bond motifs is 1. The number of carboxylic acids is 1. The first-order valence-electron chi connectivity index (χ1n) is 7.89. The number of nitrogens with zero attached hydrogens (tertiary/aromatic N) is 3. The average molecular weight is 442 g/mol. The first kappa shape index (κ1) is 21.4. The molecule has 26 heavy (non-hydrogen) atoms. The van der Waals surface area contributed by atoms with Crippen molar-refractivity contribution < 1.29 is 39.5 Å². The molecule has 0 saturated carbocycles. The molecule has 0 fully saturated rings. The van der Waals surface area contributed by atoms with Crippen LogP contribution in [0.5, 0.6) is 0 Å². The zero-order valence-corrected chi connectivity index (χ0v) is 19.3. The fraction of sp³-hybridized carbons (Fsp3) is 0.278. The summed E-state index contributed by atoms with van der Waals surface area (Å²) in [4.78, 5) is 10.7. The third-order valence-electron chi connectivity index (χ3n) is 3.99. The van der Waals surface area contributed by atoms with E-state index in [1.54, 1.807) is 0 Å². The van der Waals surface area contributed by atoms with Gasteiger partial charge in [-0.05, 0) is 43.7 Å². The summed E-state index contributed by atoms with van der Waals surface area (Å²) in [5.41, 5.74) is 2.45. The SMILES string of the molecule is CC(C)c1ccc(Cn2c(Br)nnc2SCC(=O)[O-])c2ccccc12.[Na+]. The first-order chi connectivity index (χ1) is 12.0. The van der Waals surface area contributed by atoms with Gasteiger partial charge in [0.25, 0.3) is 0 Å². The van der Waals surface area contributed by atoms with Crippen molar-refractivity contribution in [3.63, 3.8) is 0 Å². The first-order valence-corrected chi connectivity index (χ1v) is 9.67. The number of thioether (sulfide) groups is 1. The smallest absolute Gasteiger partial charge is 0.549 e. The molecule has 0 bridgehead atoms. The molecular weight excluding hydrogens is 425 g/mol. The Morgan fingerprint density at radius 2 is 1.88 bits per heavy atom. The number of carboxylic acid groups (broad SMARTS) is 1. The van der Waals surface area contributed by atoms with Crippen molar-refractivity contribution in [3.8, 4) is 0 Å². The van der Waals surface area contributed by atoms with Gasteiger partial charge >= 0.3 is 29.6 Å². The van der Waals surface area contributed by atoms with Gasteiger partial charge in [0.05, 0.1) is 12.5 Å².